The summed E-state index contributed by atoms with van der Waals surface area (Å²) in [5.74, 6) is 0. The van der Waals surface area contributed by atoms with Crippen LogP contribution in [0.2, 0.25) is 0 Å². The van der Waals surface area contributed by atoms with Crippen LogP contribution in [0, 0.1) is 0 Å². The first-order valence-electron chi connectivity index (χ1n) is 17.8. The minimum atomic E-state index is 0.923. The molecule has 9 aromatic carbocycles. The predicted molar refractivity (Wildman–Crippen MR) is 220 cm³/mol. The number of para-hydroxylation sites is 2. The Balaban J connectivity index is 1.07. The fourth-order valence-electron chi connectivity index (χ4n) is 7.79. The molecule has 1 heterocycles. The summed E-state index contributed by atoms with van der Waals surface area (Å²) in [4.78, 5) is 2.33. The van der Waals surface area contributed by atoms with E-state index in [1.165, 1.54) is 32.8 Å². The van der Waals surface area contributed by atoms with E-state index in [1.54, 1.807) is 0 Å². The summed E-state index contributed by atoms with van der Waals surface area (Å²) >= 11 is 0. The molecule has 0 aliphatic heterocycles. The van der Waals surface area contributed by atoms with Gasteiger partial charge in [-0.25, -0.2) is 0 Å². The van der Waals surface area contributed by atoms with Gasteiger partial charge in [0.25, 0.3) is 0 Å². The number of fused-ring (bicyclic) bond motifs is 6. The van der Waals surface area contributed by atoms with Crippen molar-refractivity contribution in [2.45, 2.75) is 0 Å². The van der Waals surface area contributed by atoms with Gasteiger partial charge in [-0.15, -0.1) is 0 Å². The molecule has 0 saturated carbocycles. The van der Waals surface area contributed by atoms with Gasteiger partial charge in [-0.3, -0.25) is 0 Å². The third-order valence-electron chi connectivity index (χ3n) is 10.3. The maximum atomic E-state index is 6.74. The lowest BCUT2D eigenvalue weighted by Crippen LogP contribution is -2.09. The molecule has 0 radical (unpaired) electrons. The molecular weight excluding hydrogens is 631 g/mol. The van der Waals surface area contributed by atoms with E-state index in [0.717, 1.165) is 61.1 Å². The number of anilines is 3. The second-order valence-corrected chi connectivity index (χ2v) is 13.3. The fourth-order valence-corrected chi connectivity index (χ4v) is 7.79. The van der Waals surface area contributed by atoms with Crippen LogP contribution in [0.5, 0.6) is 0 Å². The van der Waals surface area contributed by atoms with Gasteiger partial charge in [-0.05, 0) is 86.4 Å². The lowest BCUT2D eigenvalue weighted by atomic mass is 9.94. The average Bonchev–Trinajstić information content (AvgIpc) is 3.61. The number of rotatable bonds is 6. The first-order chi connectivity index (χ1) is 25.8. The number of furan rings is 1. The SMILES string of the molecule is c1ccc(-c2cccc3c2oc2c4ccccc4c(-c4ccc(N(c5ccccc5)c5ccc(-c6cccc7ccccc67)cc5)cc4)cc32)cc1. The lowest BCUT2D eigenvalue weighted by Gasteiger charge is -2.26. The highest BCUT2D eigenvalue weighted by Gasteiger charge is 2.18. The smallest absolute Gasteiger partial charge is 0.143 e. The highest BCUT2D eigenvalue weighted by Crippen LogP contribution is 2.43. The second-order valence-electron chi connectivity index (χ2n) is 13.3. The molecule has 2 heteroatoms. The van der Waals surface area contributed by atoms with Crippen LogP contribution >= 0.6 is 0 Å². The van der Waals surface area contributed by atoms with E-state index >= 15 is 0 Å². The zero-order valence-electron chi connectivity index (χ0n) is 28.4. The van der Waals surface area contributed by atoms with Crippen molar-refractivity contribution < 1.29 is 4.42 Å². The molecule has 0 unspecified atom stereocenters. The summed E-state index contributed by atoms with van der Waals surface area (Å²) < 4.78 is 6.74. The van der Waals surface area contributed by atoms with Crippen LogP contribution in [0.15, 0.2) is 205 Å². The summed E-state index contributed by atoms with van der Waals surface area (Å²) in [6.07, 6.45) is 0. The zero-order valence-corrected chi connectivity index (χ0v) is 28.4. The topological polar surface area (TPSA) is 16.4 Å². The standard InChI is InChI=1S/C50H33NO/c1-3-13-35(14-4-1)43-23-12-24-46-48-33-47(44-20-9-10-21-45(44)50(48)52-49(43)46)37-27-31-40(32-28-37)51(38-17-5-2-6-18-38)39-29-25-36(26-30-39)42-22-11-16-34-15-7-8-19-41(34)42/h1-33H. The van der Waals surface area contributed by atoms with Gasteiger partial charge in [-0.1, -0.05) is 158 Å². The van der Waals surface area contributed by atoms with E-state index < -0.39 is 0 Å². The van der Waals surface area contributed by atoms with Crippen molar-refractivity contribution in [2.24, 2.45) is 0 Å². The van der Waals surface area contributed by atoms with Crippen molar-refractivity contribution in [1.82, 2.24) is 0 Å². The van der Waals surface area contributed by atoms with E-state index in [0.29, 0.717) is 0 Å². The summed E-state index contributed by atoms with van der Waals surface area (Å²) in [5.41, 5.74) is 12.2. The maximum Gasteiger partial charge on any atom is 0.143 e. The zero-order chi connectivity index (χ0) is 34.4. The molecule has 0 atom stereocenters. The van der Waals surface area contributed by atoms with Crippen molar-refractivity contribution >= 4 is 60.5 Å². The Labute approximate surface area is 302 Å². The molecule has 0 aliphatic carbocycles. The van der Waals surface area contributed by atoms with Gasteiger partial charge in [0.05, 0.1) is 0 Å². The Kier molecular flexibility index (Phi) is 7.18. The van der Waals surface area contributed by atoms with Gasteiger partial charge >= 0.3 is 0 Å². The molecule has 10 rings (SSSR count). The molecule has 0 saturated heterocycles. The number of nitrogens with zero attached hydrogens (tertiary/aromatic N) is 1. The molecule has 1 aromatic heterocycles. The molecule has 0 amide bonds. The molecule has 0 N–H and O–H groups in total. The number of benzene rings is 9. The van der Waals surface area contributed by atoms with Gasteiger partial charge in [0, 0.05) is 38.8 Å². The third-order valence-corrected chi connectivity index (χ3v) is 10.3. The first-order valence-corrected chi connectivity index (χ1v) is 17.8. The van der Waals surface area contributed by atoms with Crippen LogP contribution in [0.3, 0.4) is 0 Å². The van der Waals surface area contributed by atoms with Crippen molar-refractivity contribution in [3.63, 3.8) is 0 Å². The van der Waals surface area contributed by atoms with Gasteiger partial charge in [0.2, 0.25) is 0 Å². The van der Waals surface area contributed by atoms with E-state index in [4.69, 9.17) is 4.42 Å². The summed E-state index contributed by atoms with van der Waals surface area (Å²) in [7, 11) is 0. The van der Waals surface area contributed by atoms with Crippen LogP contribution in [0.25, 0.3) is 76.9 Å². The van der Waals surface area contributed by atoms with Crippen LogP contribution in [-0.2, 0) is 0 Å². The Bertz CT molecular complexity index is 2870. The molecule has 2 nitrogen and oxygen atoms in total. The van der Waals surface area contributed by atoms with Gasteiger partial charge in [0.1, 0.15) is 11.2 Å². The van der Waals surface area contributed by atoms with E-state index in [9.17, 15) is 0 Å². The van der Waals surface area contributed by atoms with E-state index in [-0.39, 0.29) is 0 Å². The lowest BCUT2D eigenvalue weighted by molar-refractivity contribution is 0.674. The molecular formula is C50H33NO. The van der Waals surface area contributed by atoms with E-state index in [1.807, 2.05) is 0 Å². The Hall–Kier alpha value is -6.90. The van der Waals surface area contributed by atoms with Crippen LogP contribution in [-0.4, -0.2) is 0 Å². The normalized spacial score (nSPS) is 11.5. The quantitative estimate of drug-likeness (QED) is 0.176. The minimum absolute atomic E-state index is 0.923. The Morgan fingerprint density at radius 2 is 0.769 bits per heavy atom. The van der Waals surface area contributed by atoms with Crippen molar-refractivity contribution in [1.29, 1.82) is 0 Å². The van der Waals surface area contributed by atoms with E-state index in [2.05, 4.69) is 205 Å². The Morgan fingerprint density at radius 1 is 0.288 bits per heavy atom. The molecule has 0 spiro atoms. The van der Waals surface area contributed by atoms with Crippen molar-refractivity contribution in [3.8, 4) is 33.4 Å². The largest absolute Gasteiger partial charge is 0.455 e. The Morgan fingerprint density at radius 3 is 1.50 bits per heavy atom. The van der Waals surface area contributed by atoms with Crippen LogP contribution in [0.4, 0.5) is 17.1 Å². The molecule has 0 bridgehead atoms. The van der Waals surface area contributed by atoms with Crippen molar-refractivity contribution in [2.75, 3.05) is 4.90 Å². The maximum absolute atomic E-state index is 6.74. The summed E-state index contributed by atoms with van der Waals surface area (Å²) in [6, 6.07) is 71.5. The highest BCUT2D eigenvalue weighted by atomic mass is 16.3. The van der Waals surface area contributed by atoms with Crippen molar-refractivity contribution in [3.05, 3.63) is 200 Å². The van der Waals surface area contributed by atoms with Gasteiger partial charge in [0.15, 0.2) is 0 Å². The monoisotopic (exact) mass is 663 g/mol. The van der Waals surface area contributed by atoms with Gasteiger partial charge < -0.3 is 9.32 Å². The number of hydrogen-bond acceptors (Lipinski definition) is 2. The first kappa shape index (κ1) is 30.0. The predicted octanol–water partition coefficient (Wildman–Crippen LogP) is 14.4. The van der Waals surface area contributed by atoms with Crippen LogP contribution < -0.4 is 4.90 Å². The van der Waals surface area contributed by atoms with Crippen LogP contribution in [0.1, 0.15) is 0 Å². The average molecular weight is 664 g/mol. The third kappa shape index (κ3) is 5.04. The molecule has 52 heavy (non-hydrogen) atoms. The fraction of sp³-hybridized carbons (Fsp3) is 0. The number of hydrogen-bond donors (Lipinski definition) is 0. The molecule has 0 fully saturated rings. The second kappa shape index (κ2) is 12.5. The van der Waals surface area contributed by atoms with Gasteiger partial charge in [-0.2, -0.15) is 0 Å². The molecule has 10 aromatic rings. The molecule has 244 valence electrons. The summed E-state index contributed by atoms with van der Waals surface area (Å²) in [6.45, 7) is 0. The molecule has 0 aliphatic rings. The summed E-state index contributed by atoms with van der Waals surface area (Å²) in [5, 5.41) is 7.06. The minimum Gasteiger partial charge on any atom is -0.455 e. The highest BCUT2D eigenvalue weighted by molar-refractivity contribution is 6.20.